The Labute approximate surface area is 83.5 Å². The number of hydrogen-bond donors (Lipinski definition) is 0. The number of carbonyl (C=O) groups excluding carboxylic acids is 2. The molecule has 78 valence electrons. The van der Waals surface area contributed by atoms with E-state index in [2.05, 4.69) is 6.58 Å². The zero-order valence-electron chi connectivity index (χ0n) is 8.36. The Balaban J connectivity index is 2.46. The molecule has 1 saturated heterocycles. The largest absolute Gasteiger partial charge is 0.445 e. The molecule has 1 heterocycles. The van der Waals surface area contributed by atoms with Gasteiger partial charge in [0.25, 0.3) is 0 Å². The van der Waals surface area contributed by atoms with Crippen LogP contribution in [0.1, 0.15) is 19.8 Å². The lowest BCUT2D eigenvalue weighted by atomic mass is 10.0. The summed E-state index contributed by atoms with van der Waals surface area (Å²) < 4.78 is 4.89. The van der Waals surface area contributed by atoms with Gasteiger partial charge in [0.05, 0.1) is 0 Å². The van der Waals surface area contributed by atoms with Crippen molar-refractivity contribution in [2.75, 3.05) is 13.2 Å². The van der Waals surface area contributed by atoms with Crippen LogP contribution >= 0.6 is 0 Å². The van der Waals surface area contributed by atoms with E-state index in [9.17, 15) is 9.59 Å². The SMILES string of the molecule is C=CCOC(=O)N1CCC(=O)C[C@@H]1C. The highest BCUT2D eigenvalue weighted by molar-refractivity contribution is 5.82. The van der Waals surface area contributed by atoms with Gasteiger partial charge in [-0.3, -0.25) is 4.79 Å². The summed E-state index contributed by atoms with van der Waals surface area (Å²) in [5.41, 5.74) is 0. The molecule has 0 aliphatic carbocycles. The third kappa shape index (κ3) is 2.58. The van der Waals surface area contributed by atoms with Gasteiger partial charge in [-0.2, -0.15) is 0 Å². The lowest BCUT2D eigenvalue weighted by Gasteiger charge is -2.31. The van der Waals surface area contributed by atoms with E-state index in [0.717, 1.165) is 0 Å². The van der Waals surface area contributed by atoms with Crippen LogP contribution in [0.4, 0.5) is 4.79 Å². The number of likely N-dealkylation sites (tertiary alicyclic amines) is 1. The van der Waals surface area contributed by atoms with E-state index in [1.54, 1.807) is 4.90 Å². The van der Waals surface area contributed by atoms with Crippen LogP contribution in [0, 0.1) is 0 Å². The molecule has 1 rings (SSSR count). The number of nitrogens with zero attached hydrogens (tertiary/aromatic N) is 1. The molecular formula is C10H15NO3. The van der Waals surface area contributed by atoms with Crippen LogP contribution in [0.5, 0.6) is 0 Å². The summed E-state index contributed by atoms with van der Waals surface area (Å²) >= 11 is 0. The van der Waals surface area contributed by atoms with E-state index in [1.807, 2.05) is 6.92 Å². The first-order valence-corrected chi connectivity index (χ1v) is 4.71. The normalized spacial score (nSPS) is 21.9. The highest BCUT2D eigenvalue weighted by atomic mass is 16.6. The van der Waals surface area contributed by atoms with E-state index >= 15 is 0 Å². The first kappa shape index (κ1) is 10.8. The lowest BCUT2D eigenvalue weighted by molar-refractivity contribution is -0.122. The average molecular weight is 197 g/mol. The molecule has 1 aliphatic rings. The van der Waals surface area contributed by atoms with Crippen molar-refractivity contribution in [2.45, 2.75) is 25.8 Å². The van der Waals surface area contributed by atoms with Crippen molar-refractivity contribution < 1.29 is 14.3 Å². The van der Waals surface area contributed by atoms with Crippen molar-refractivity contribution in [3.8, 4) is 0 Å². The highest BCUT2D eigenvalue weighted by Crippen LogP contribution is 2.14. The van der Waals surface area contributed by atoms with Crippen LogP contribution in [-0.4, -0.2) is 36.0 Å². The van der Waals surface area contributed by atoms with Gasteiger partial charge in [0.15, 0.2) is 0 Å². The molecule has 0 N–H and O–H groups in total. The fraction of sp³-hybridized carbons (Fsp3) is 0.600. The number of Topliss-reactive ketones (excluding diaryl/α,β-unsaturated/α-hetero) is 1. The molecule has 0 unspecified atom stereocenters. The number of rotatable bonds is 2. The first-order valence-electron chi connectivity index (χ1n) is 4.71. The van der Waals surface area contributed by atoms with Crippen molar-refractivity contribution in [3.63, 3.8) is 0 Å². The molecule has 4 heteroatoms. The number of ketones is 1. The summed E-state index contributed by atoms with van der Waals surface area (Å²) in [6, 6.07) is -0.0476. The standard InChI is InChI=1S/C10H15NO3/c1-3-6-14-10(13)11-5-4-9(12)7-8(11)2/h3,8H,1,4-7H2,2H3/t8-/m0/s1. The van der Waals surface area contributed by atoms with Gasteiger partial charge in [0.1, 0.15) is 12.4 Å². The number of amides is 1. The van der Waals surface area contributed by atoms with Crippen LogP contribution in [0.15, 0.2) is 12.7 Å². The number of hydrogen-bond acceptors (Lipinski definition) is 3. The predicted molar refractivity (Wildman–Crippen MR) is 52.0 cm³/mol. The molecule has 1 aliphatic heterocycles. The quantitative estimate of drug-likeness (QED) is 0.628. The Morgan fingerprint density at radius 2 is 2.50 bits per heavy atom. The summed E-state index contributed by atoms with van der Waals surface area (Å²) in [5.74, 6) is 0.213. The molecule has 0 aromatic rings. The summed E-state index contributed by atoms with van der Waals surface area (Å²) in [4.78, 5) is 24.1. The van der Waals surface area contributed by atoms with Crippen LogP contribution < -0.4 is 0 Å². The molecular weight excluding hydrogens is 182 g/mol. The molecule has 0 radical (unpaired) electrons. The highest BCUT2D eigenvalue weighted by Gasteiger charge is 2.27. The Morgan fingerprint density at radius 1 is 1.79 bits per heavy atom. The van der Waals surface area contributed by atoms with E-state index in [4.69, 9.17) is 4.74 Å². The fourth-order valence-electron chi connectivity index (χ4n) is 1.49. The predicted octanol–water partition coefficient (Wildman–Crippen LogP) is 1.36. The monoisotopic (exact) mass is 197 g/mol. The van der Waals surface area contributed by atoms with Crippen LogP contribution in [0.2, 0.25) is 0 Å². The van der Waals surface area contributed by atoms with Gasteiger partial charge in [0, 0.05) is 25.4 Å². The number of carbonyl (C=O) groups is 2. The molecule has 1 atom stereocenters. The molecule has 0 aromatic carbocycles. The molecule has 0 spiro atoms. The Morgan fingerprint density at radius 3 is 3.07 bits per heavy atom. The van der Waals surface area contributed by atoms with E-state index < -0.39 is 0 Å². The smallest absolute Gasteiger partial charge is 0.410 e. The molecule has 1 amide bonds. The third-order valence-electron chi connectivity index (χ3n) is 2.25. The van der Waals surface area contributed by atoms with E-state index in [-0.39, 0.29) is 24.5 Å². The first-order chi connectivity index (χ1) is 6.65. The second-order valence-electron chi connectivity index (χ2n) is 3.40. The van der Waals surface area contributed by atoms with Crippen molar-refractivity contribution >= 4 is 11.9 Å². The zero-order valence-corrected chi connectivity index (χ0v) is 8.36. The molecule has 0 saturated carbocycles. The maximum atomic E-state index is 11.4. The zero-order chi connectivity index (χ0) is 10.6. The van der Waals surface area contributed by atoms with Crippen LogP contribution in [0.3, 0.4) is 0 Å². The number of piperidine rings is 1. The van der Waals surface area contributed by atoms with Gasteiger partial charge in [0.2, 0.25) is 0 Å². The minimum atomic E-state index is -0.357. The molecule has 1 fully saturated rings. The van der Waals surface area contributed by atoms with E-state index in [0.29, 0.717) is 19.4 Å². The van der Waals surface area contributed by atoms with Gasteiger partial charge >= 0.3 is 6.09 Å². The Kier molecular flexibility index (Phi) is 3.68. The second-order valence-corrected chi connectivity index (χ2v) is 3.40. The van der Waals surface area contributed by atoms with Crippen LogP contribution in [-0.2, 0) is 9.53 Å². The average Bonchev–Trinajstić information content (AvgIpc) is 2.14. The molecule has 0 aromatic heterocycles. The van der Waals surface area contributed by atoms with Crippen LogP contribution in [0.25, 0.3) is 0 Å². The van der Waals surface area contributed by atoms with Crippen molar-refractivity contribution in [1.29, 1.82) is 0 Å². The van der Waals surface area contributed by atoms with Gasteiger partial charge in [-0.05, 0) is 6.92 Å². The molecule has 0 bridgehead atoms. The topological polar surface area (TPSA) is 46.6 Å². The maximum Gasteiger partial charge on any atom is 0.410 e. The van der Waals surface area contributed by atoms with Gasteiger partial charge in [-0.15, -0.1) is 0 Å². The molecule has 14 heavy (non-hydrogen) atoms. The van der Waals surface area contributed by atoms with E-state index in [1.165, 1.54) is 6.08 Å². The minimum absolute atomic E-state index is 0.0476. The van der Waals surface area contributed by atoms with Crippen molar-refractivity contribution in [2.24, 2.45) is 0 Å². The second kappa shape index (κ2) is 4.79. The van der Waals surface area contributed by atoms with Gasteiger partial charge in [-0.25, -0.2) is 4.79 Å². The Bertz CT molecular complexity index is 250. The maximum absolute atomic E-state index is 11.4. The third-order valence-corrected chi connectivity index (χ3v) is 2.25. The minimum Gasteiger partial charge on any atom is -0.445 e. The summed E-state index contributed by atoms with van der Waals surface area (Å²) in [7, 11) is 0. The fourth-order valence-corrected chi connectivity index (χ4v) is 1.49. The lowest BCUT2D eigenvalue weighted by Crippen LogP contribution is -2.45. The van der Waals surface area contributed by atoms with Crippen molar-refractivity contribution in [1.82, 2.24) is 4.90 Å². The van der Waals surface area contributed by atoms with Gasteiger partial charge < -0.3 is 9.64 Å². The Hall–Kier alpha value is -1.32. The summed E-state index contributed by atoms with van der Waals surface area (Å²) in [5, 5.41) is 0. The van der Waals surface area contributed by atoms with Crippen molar-refractivity contribution in [3.05, 3.63) is 12.7 Å². The summed E-state index contributed by atoms with van der Waals surface area (Å²) in [6.07, 6.45) is 2.04. The van der Waals surface area contributed by atoms with Gasteiger partial charge in [-0.1, -0.05) is 12.7 Å². The molecule has 4 nitrogen and oxygen atoms in total. The number of ether oxygens (including phenoxy) is 1. The summed E-state index contributed by atoms with van der Waals surface area (Å²) in [6.45, 7) is 6.00.